The van der Waals surface area contributed by atoms with Crippen molar-refractivity contribution in [3.63, 3.8) is 0 Å². The fourth-order valence-electron chi connectivity index (χ4n) is 2.97. The Labute approximate surface area is 157 Å². The summed E-state index contributed by atoms with van der Waals surface area (Å²) < 4.78 is 14.9. The summed E-state index contributed by atoms with van der Waals surface area (Å²) in [6.07, 6.45) is 0.342. The van der Waals surface area contributed by atoms with Gasteiger partial charge in [0.05, 0.1) is 10.2 Å². The van der Waals surface area contributed by atoms with Crippen molar-refractivity contribution in [3.8, 4) is 0 Å². The number of pyridine rings is 1. The molecule has 134 valence electrons. The summed E-state index contributed by atoms with van der Waals surface area (Å²) in [5, 5.41) is 10.0. The number of benzene rings is 1. The molecule has 3 aromatic rings. The molecule has 4 rings (SSSR count). The van der Waals surface area contributed by atoms with E-state index in [-0.39, 0.29) is 11.5 Å². The highest BCUT2D eigenvalue weighted by atomic mass is 32.2. The molecule has 1 aromatic carbocycles. The molecule has 1 aliphatic heterocycles. The molecule has 0 spiro atoms. The molecule has 0 bridgehead atoms. The summed E-state index contributed by atoms with van der Waals surface area (Å²) in [7, 11) is 0. The second-order valence-electron chi connectivity index (χ2n) is 6.00. The number of carbonyl (C=O) groups is 1. The first kappa shape index (κ1) is 17.2. The lowest BCUT2D eigenvalue weighted by molar-refractivity contribution is 0.0690. The Morgan fingerprint density at radius 3 is 2.81 bits per heavy atom. The molecule has 0 aliphatic carbocycles. The number of anilines is 1. The van der Waals surface area contributed by atoms with Crippen molar-refractivity contribution < 1.29 is 14.3 Å². The molecular weight excluding hydrogens is 373 g/mol. The van der Waals surface area contributed by atoms with Gasteiger partial charge in [0, 0.05) is 36.7 Å². The Hall–Kier alpha value is -2.19. The fourth-order valence-corrected chi connectivity index (χ4v) is 4.96. The quantitative estimate of drug-likeness (QED) is 0.734. The molecule has 3 heterocycles. The number of carboxylic acid groups (broad SMARTS) is 1. The van der Waals surface area contributed by atoms with E-state index in [2.05, 4.69) is 9.88 Å². The van der Waals surface area contributed by atoms with Crippen LogP contribution in [0.1, 0.15) is 21.7 Å². The topological polar surface area (TPSA) is 66.3 Å². The summed E-state index contributed by atoms with van der Waals surface area (Å²) in [4.78, 5) is 22.2. The third-order valence-corrected chi connectivity index (χ3v) is 6.21. The Morgan fingerprint density at radius 2 is 2.04 bits per heavy atom. The zero-order valence-electron chi connectivity index (χ0n) is 13.8. The average Bonchev–Trinajstić information content (AvgIpc) is 3.07. The van der Waals surface area contributed by atoms with Gasteiger partial charge in [-0.3, -0.25) is 0 Å². The van der Waals surface area contributed by atoms with Gasteiger partial charge in [0.15, 0.2) is 5.13 Å². The van der Waals surface area contributed by atoms with E-state index in [0.717, 1.165) is 45.5 Å². The molecule has 1 N–H and O–H groups in total. The minimum Gasteiger partial charge on any atom is -0.477 e. The zero-order valence-corrected chi connectivity index (χ0v) is 15.4. The Bertz CT molecular complexity index is 970. The van der Waals surface area contributed by atoms with Crippen LogP contribution < -0.4 is 4.90 Å². The maximum atomic E-state index is 14.1. The van der Waals surface area contributed by atoms with Gasteiger partial charge in [-0.1, -0.05) is 17.4 Å². The highest BCUT2D eigenvalue weighted by Gasteiger charge is 2.18. The van der Waals surface area contributed by atoms with Crippen LogP contribution in [0.2, 0.25) is 0 Å². The van der Waals surface area contributed by atoms with E-state index in [0.29, 0.717) is 12.1 Å². The largest absolute Gasteiger partial charge is 0.477 e. The molecule has 26 heavy (non-hydrogen) atoms. The second kappa shape index (κ2) is 7.20. The van der Waals surface area contributed by atoms with E-state index in [9.17, 15) is 9.18 Å². The van der Waals surface area contributed by atoms with Gasteiger partial charge in [0.1, 0.15) is 11.5 Å². The minimum absolute atomic E-state index is 0.0140. The van der Waals surface area contributed by atoms with Gasteiger partial charge in [-0.2, -0.15) is 11.8 Å². The fraction of sp³-hybridized carbons (Fsp3) is 0.278. The smallest absolute Gasteiger partial charge is 0.354 e. The lowest BCUT2D eigenvalue weighted by Crippen LogP contribution is -2.32. The number of aromatic carboxylic acids is 1. The molecule has 1 aliphatic rings. The summed E-state index contributed by atoms with van der Waals surface area (Å²) >= 11 is 3.43. The normalized spacial score (nSPS) is 14.7. The molecule has 1 saturated heterocycles. The van der Waals surface area contributed by atoms with Crippen LogP contribution in [-0.4, -0.2) is 45.6 Å². The van der Waals surface area contributed by atoms with Crippen molar-refractivity contribution in [2.75, 3.05) is 29.5 Å². The van der Waals surface area contributed by atoms with Crippen LogP contribution in [0.5, 0.6) is 0 Å². The van der Waals surface area contributed by atoms with Crippen molar-refractivity contribution in [2.45, 2.75) is 6.42 Å². The van der Waals surface area contributed by atoms with Crippen LogP contribution in [0.4, 0.5) is 9.52 Å². The van der Waals surface area contributed by atoms with Gasteiger partial charge >= 0.3 is 5.97 Å². The lowest BCUT2D eigenvalue weighted by atomic mass is 10.1. The molecular formula is C18H16FN3O2S2. The standard InChI is InChI=1S/C18H16FN3O2S2/c19-12-8-11(9-13-2-1-3-14(20-13)17(23)24)16-15(10-12)26-18(21-16)22-4-6-25-7-5-22/h1-3,8,10H,4-7,9H2,(H,23,24). The van der Waals surface area contributed by atoms with E-state index in [1.54, 1.807) is 12.1 Å². The molecule has 0 amide bonds. The van der Waals surface area contributed by atoms with Gasteiger partial charge in [-0.25, -0.2) is 19.2 Å². The van der Waals surface area contributed by atoms with E-state index in [1.165, 1.54) is 29.5 Å². The molecule has 5 nitrogen and oxygen atoms in total. The van der Waals surface area contributed by atoms with Crippen molar-refractivity contribution in [1.29, 1.82) is 0 Å². The third-order valence-electron chi connectivity index (χ3n) is 4.21. The highest BCUT2D eigenvalue weighted by molar-refractivity contribution is 7.99. The maximum absolute atomic E-state index is 14.1. The number of aromatic nitrogens is 2. The van der Waals surface area contributed by atoms with Crippen LogP contribution in [0.3, 0.4) is 0 Å². The zero-order chi connectivity index (χ0) is 18.1. The van der Waals surface area contributed by atoms with Gasteiger partial charge in [-0.15, -0.1) is 0 Å². The predicted octanol–water partition coefficient (Wildman–Crippen LogP) is 3.67. The Morgan fingerprint density at radius 1 is 1.23 bits per heavy atom. The number of hydrogen-bond acceptors (Lipinski definition) is 6. The Kier molecular flexibility index (Phi) is 4.78. The molecule has 1 fully saturated rings. The second-order valence-corrected chi connectivity index (χ2v) is 8.24. The minimum atomic E-state index is -1.07. The van der Waals surface area contributed by atoms with Gasteiger partial charge in [-0.05, 0) is 29.8 Å². The van der Waals surface area contributed by atoms with Crippen molar-refractivity contribution >= 4 is 44.4 Å². The number of nitrogens with zero attached hydrogens (tertiary/aromatic N) is 3. The van der Waals surface area contributed by atoms with E-state index < -0.39 is 5.97 Å². The number of halogens is 1. The van der Waals surface area contributed by atoms with Crippen LogP contribution in [0, 0.1) is 5.82 Å². The van der Waals surface area contributed by atoms with E-state index in [4.69, 9.17) is 10.1 Å². The number of hydrogen-bond donors (Lipinski definition) is 1. The number of fused-ring (bicyclic) bond motifs is 1. The lowest BCUT2D eigenvalue weighted by Gasteiger charge is -2.25. The maximum Gasteiger partial charge on any atom is 0.354 e. The van der Waals surface area contributed by atoms with Crippen LogP contribution >= 0.6 is 23.1 Å². The van der Waals surface area contributed by atoms with E-state index in [1.807, 2.05) is 11.8 Å². The first-order chi connectivity index (χ1) is 12.6. The summed E-state index contributed by atoms with van der Waals surface area (Å²) in [5.41, 5.74) is 2.07. The number of carboxylic acids is 1. The summed E-state index contributed by atoms with van der Waals surface area (Å²) in [5.74, 6) is 0.757. The SMILES string of the molecule is O=C(O)c1cccc(Cc2cc(F)cc3sc(N4CCSCC4)nc23)n1. The third kappa shape index (κ3) is 3.52. The first-order valence-corrected chi connectivity index (χ1v) is 10.2. The van der Waals surface area contributed by atoms with Gasteiger partial charge < -0.3 is 10.0 Å². The van der Waals surface area contributed by atoms with E-state index >= 15 is 0 Å². The number of thioether (sulfide) groups is 1. The summed E-state index contributed by atoms with van der Waals surface area (Å²) in [6.45, 7) is 1.90. The molecule has 8 heteroatoms. The summed E-state index contributed by atoms with van der Waals surface area (Å²) in [6, 6.07) is 7.83. The molecule has 0 radical (unpaired) electrons. The van der Waals surface area contributed by atoms with Crippen molar-refractivity contribution in [1.82, 2.24) is 9.97 Å². The number of thiazole rings is 1. The molecule has 2 aromatic heterocycles. The van der Waals surface area contributed by atoms with Gasteiger partial charge in [0.2, 0.25) is 0 Å². The molecule has 0 atom stereocenters. The first-order valence-electron chi connectivity index (χ1n) is 8.21. The number of rotatable bonds is 4. The van der Waals surface area contributed by atoms with Crippen LogP contribution in [0.15, 0.2) is 30.3 Å². The van der Waals surface area contributed by atoms with Crippen molar-refractivity contribution in [3.05, 3.63) is 53.1 Å². The molecule has 0 unspecified atom stereocenters. The Balaban J connectivity index is 1.71. The average molecular weight is 389 g/mol. The highest BCUT2D eigenvalue weighted by Crippen LogP contribution is 2.33. The van der Waals surface area contributed by atoms with Crippen molar-refractivity contribution in [2.24, 2.45) is 0 Å². The molecule has 0 saturated carbocycles. The van der Waals surface area contributed by atoms with Gasteiger partial charge in [0.25, 0.3) is 0 Å². The monoisotopic (exact) mass is 389 g/mol. The van der Waals surface area contributed by atoms with Crippen LogP contribution in [0.25, 0.3) is 10.2 Å². The predicted molar refractivity (Wildman–Crippen MR) is 103 cm³/mol. The van der Waals surface area contributed by atoms with Crippen LogP contribution in [-0.2, 0) is 6.42 Å².